The Kier molecular flexibility index (Phi) is 3.98. The average Bonchev–Trinajstić information content (AvgIpc) is 2.34. The Morgan fingerprint density at radius 2 is 1.75 bits per heavy atom. The quantitative estimate of drug-likeness (QED) is 0.627. The summed E-state index contributed by atoms with van der Waals surface area (Å²) in [6, 6.07) is 9.17. The molecule has 0 aliphatic heterocycles. The first kappa shape index (κ1) is 14.0. The molecule has 0 saturated carbocycles. The molecule has 20 heavy (non-hydrogen) atoms. The van der Waals surface area contributed by atoms with Crippen LogP contribution in [0.25, 0.3) is 0 Å². The van der Waals surface area contributed by atoms with Crippen LogP contribution in [-0.2, 0) is 6.61 Å². The van der Waals surface area contributed by atoms with Gasteiger partial charge in [-0.25, -0.2) is 4.39 Å². The summed E-state index contributed by atoms with van der Waals surface area (Å²) in [5.74, 6) is 0.0210. The minimum Gasteiger partial charge on any atom is -0.489 e. The topological polar surface area (TPSA) is 52.4 Å². The molecule has 0 aromatic heterocycles. The van der Waals surface area contributed by atoms with Gasteiger partial charge in [-0.1, -0.05) is 6.07 Å². The Labute approximate surface area is 116 Å². The molecule has 0 bridgehead atoms. The fraction of sp³-hybridized carbons (Fsp3) is 0.200. The molecule has 0 spiro atoms. The van der Waals surface area contributed by atoms with Crippen molar-refractivity contribution in [2.75, 3.05) is 0 Å². The van der Waals surface area contributed by atoms with Gasteiger partial charge >= 0.3 is 0 Å². The largest absolute Gasteiger partial charge is 0.489 e. The normalized spacial score (nSPS) is 10.3. The fourth-order valence-corrected chi connectivity index (χ4v) is 2.00. The van der Waals surface area contributed by atoms with Crippen LogP contribution in [0.4, 0.5) is 10.1 Å². The van der Waals surface area contributed by atoms with Crippen molar-refractivity contribution in [2.24, 2.45) is 0 Å². The summed E-state index contributed by atoms with van der Waals surface area (Å²) in [5, 5.41) is 10.7. The number of benzene rings is 2. The Morgan fingerprint density at radius 1 is 1.10 bits per heavy atom. The fourth-order valence-electron chi connectivity index (χ4n) is 2.00. The number of nitro benzene ring substituents is 1. The summed E-state index contributed by atoms with van der Waals surface area (Å²) < 4.78 is 18.8. The van der Waals surface area contributed by atoms with Gasteiger partial charge in [0, 0.05) is 6.07 Å². The molecule has 0 atom stereocenters. The van der Waals surface area contributed by atoms with Gasteiger partial charge in [0.1, 0.15) is 18.2 Å². The first-order valence-corrected chi connectivity index (χ1v) is 6.09. The highest BCUT2D eigenvalue weighted by atomic mass is 19.1. The molecule has 0 amide bonds. The summed E-state index contributed by atoms with van der Waals surface area (Å²) in [5.41, 5.74) is 2.27. The third-order valence-corrected chi connectivity index (χ3v) is 2.75. The third-order valence-electron chi connectivity index (χ3n) is 2.75. The number of nitrogens with zero attached hydrogens (tertiary/aromatic N) is 1. The van der Waals surface area contributed by atoms with Crippen LogP contribution in [0.1, 0.15) is 16.7 Å². The van der Waals surface area contributed by atoms with E-state index in [0.29, 0.717) is 11.3 Å². The lowest BCUT2D eigenvalue weighted by Gasteiger charge is -2.08. The van der Waals surface area contributed by atoms with E-state index in [1.807, 2.05) is 32.0 Å². The van der Waals surface area contributed by atoms with E-state index < -0.39 is 10.7 Å². The molecule has 0 fully saturated rings. The molecular formula is C15H14FNO3. The number of halogens is 1. The van der Waals surface area contributed by atoms with Crippen LogP contribution in [0.2, 0.25) is 0 Å². The highest BCUT2D eigenvalue weighted by Gasteiger charge is 2.10. The number of ether oxygens (including phenoxy) is 1. The van der Waals surface area contributed by atoms with E-state index in [4.69, 9.17) is 4.74 Å². The maximum Gasteiger partial charge on any atom is 0.272 e. The third kappa shape index (κ3) is 3.54. The van der Waals surface area contributed by atoms with E-state index in [0.717, 1.165) is 17.2 Å². The average molecular weight is 275 g/mol. The zero-order valence-corrected chi connectivity index (χ0v) is 11.2. The van der Waals surface area contributed by atoms with E-state index in [1.54, 1.807) is 0 Å². The lowest BCUT2D eigenvalue weighted by atomic mass is 10.1. The number of nitro groups is 1. The number of non-ortho nitro benzene ring substituents is 1. The summed E-state index contributed by atoms with van der Waals surface area (Å²) >= 11 is 0. The van der Waals surface area contributed by atoms with Crippen LogP contribution in [0, 0.1) is 29.8 Å². The first-order chi connectivity index (χ1) is 9.44. The predicted molar refractivity (Wildman–Crippen MR) is 73.3 cm³/mol. The molecule has 0 aliphatic rings. The van der Waals surface area contributed by atoms with E-state index in [1.165, 1.54) is 12.1 Å². The molecule has 0 saturated heterocycles. The van der Waals surface area contributed by atoms with Gasteiger partial charge in [0.2, 0.25) is 0 Å². The van der Waals surface area contributed by atoms with Gasteiger partial charge in [0.05, 0.1) is 11.0 Å². The highest BCUT2D eigenvalue weighted by Crippen LogP contribution is 2.20. The van der Waals surface area contributed by atoms with Crippen LogP contribution >= 0.6 is 0 Å². The summed E-state index contributed by atoms with van der Waals surface area (Å²) in [7, 11) is 0. The molecule has 0 heterocycles. The smallest absolute Gasteiger partial charge is 0.272 e. The minimum atomic E-state index is -0.641. The Hall–Kier alpha value is -2.43. The molecule has 2 rings (SSSR count). The summed E-state index contributed by atoms with van der Waals surface area (Å²) in [6.07, 6.45) is 0. The van der Waals surface area contributed by atoms with E-state index in [2.05, 4.69) is 0 Å². The van der Waals surface area contributed by atoms with Crippen LogP contribution in [0.15, 0.2) is 36.4 Å². The second kappa shape index (κ2) is 5.69. The van der Waals surface area contributed by atoms with Crippen molar-refractivity contribution in [1.82, 2.24) is 0 Å². The first-order valence-electron chi connectivity index (χ1n) is 6.09. The Balaban J connectivity index is 2.16. The number of hydrogen-bond acceptors (Lipinski definition) is 3. The second-order valence-corrected chi connectivity index (χ2v) is 4.69. The van der Waals surface area contributed by atoms with E-state index in [9.17, 15) is 14.5 Å². The Bertz CT molecular complexity index is 635. The van der Waals surface area contributed by atoms with Crippen LogP contribution in [0.3, 0.4) is 0 Å². The zero-order chi connectivity index (χ0) is 14.7. The van der Waals surface area contributed by atoms with Gasteiger partial charge < -0.3 is 4.74 Å². The maximum atomic E-state index is 13.3. The molecule has 0 aliphatic carbocycles. The van der Waals surface area contributed by atoms with Gasteiger partial charge in [0.15, 0.2) is 0 Å². The number of rotatable bonds is 4. The van der Waals surface area contributed by atoms with Gasteiger partial charge in [0.25, 0.3) is 5.69 Å². The molecule has 0 N–H and O–H groups in total. The van der Waals surface area contributed by atoms with Crippen LogP contribution in [-0.4, -0.2) is 4.92 Å². The van der Waals surface area contributed by atoms with Crippen molar-refractivity contribution in [2.45, 2.75) is 20.5 Å². The van der Waals surface area contributed by atoms with Crippen molar-refractivity contribution in [3.63, 3.8) is 0 Å². The maximum absolute atomic E-state index is 13.3. The van der Waals surface area contributed by atoms with Crippen LogP contribution < -0.4 is 4.74 Å². The van der Waals surface area contributed by atoms with E-state index >= 15 is 0 Å². The highest BCUT2D eigenvalue weighted by molar-refractivity contribution is 5.36. The van der Waals surface area contributed by atoms with Gasteiger partial charge in [-0.05, 0) is 48.7 Å². The standard InChI is InChI=1S/C15H14FNO3/c1-10-3-11(2)5-15(4-10)20-9-12-6-13(16)8-14(7-12)17(18)19/h3-8H,9H2,1-2H3. The molecule has 0 radical (unpaired) electrons. The van der Waals surface area contributed by atoms with E-state index in [-0.39, 0.29) is 12.3 Å². The SMILES string of the molecule is Cc1cc(C)cc(OCc2cc(F)cc([N+](=O)[O-])c2)c1. The predicted octanol–water partition coefficient (Wildman–Crippen LogP) is 3.93. The van der Waals surface area contributed by atoms with Crippen molar-refractivity contribution in [3.8, 4) is 5.75 Å². The van der Waals surface area contributed by atoms with Gasteiger partial charge in [-0.3, -0.25) is 10.1 Å². The van der Waals surface area contributed by atoms with Crippen molar-refractivity contribution in [1.29, 1.82) is 0 Å². The van der Waals surface area contributed by atoms with Gasteiger partial charge in [-0.2, -0.15) is 0 Å². The molecular weight excluding hydrogens is 261 g/mol. The summed E-state index contributed by atoms with van der Waals surface area (Å²) in [6.45, 7) is 3.99. The molecule has 0 unspecified atom stereocenters. The molecule has 4 nitrogen and oxygen atoms in total. The monoisotopic (exact) mass is 275 g/mol. The van der Waals surface area contributed by atoms with Crippen LogP contribution in [0.5, 0.6) is 5.75 Å². The minimum absolute atomic E-state index is 0.0848. The summed E-state index contributed by atoms with van der Waals surface area (Å²) in [4.78, 5) is 10.0. The molecule has 2 aromatic rings. The zero-order valence-electron chi connectivity index (χ0n) is 11.2. The molecule has 2 aromatic carbocycles. The molecule has 104 valence electrons. The van der Waals surface area contributed by atoms with Crippen molar-refractivity contribution < 1.29 is 14.1 Å². The lowest BCUT2D eigenvalue weighted by Crippen LogP contribution is -1.99. The number of hydrogen-bond donors (Lipinski definition) is 0. The second-order valence-electron chi connectivity index (χ2n) is 4.69. The Morgan fingerprint density at radius 3 is 2.35 bits per heavy atom. The van der Waals surface area contributed by atoms with Crippen molar-refractivity contribution >= 4 is 5.69 Å². The van der Waals surface area contributed by atoms with Gasteiger partial charge in [-0.15, -0.1) is 0 Å². The van der Waals surface area contributed by atoms with Crippen molar-refractivity contribution in [3.05, 3.63) is 69.0 Å². The number of aryl methyl sites for hydroxylation is 2. The molecule has 5 heteroatoms. The lowest BCUT2D eigenvalue weighted by molar-refractivity contribution is -0.385.